The fourth-order valence-corrected chi connectivity index (χ4v) is 4.22. The number of aromatic carboxylic acids is 1. The summed E-state index contributed by atoms with van der Waals surface area (Å²) in [6, 6.07) is 11.4. The van der Waals surface area contributed by atoms with E-state index in [1.54, 1.807) is 12.3 Å². The summed E-state index contributed by atoms with van der Waals surface area (Å²) in [5, 5.41) is 9.18. The van der Waals surface area contributed by atoms with E-state index in [1.807, 2.05) is 23.5 Å². The van der Waals surface area contributed by atoms with Crippen LogP contribution in [-0.4, -0.2) is 21.0 Å². The van der Waals surface area contributed by atoms with Crippen LogP contribution in [0.4, 0.5) is 0 Å². The Balaban J connectivity index is 1.67. The molecule has 0 fully saturated rings. The van der Waals surface area contributed by atoms with Gasteiger partial charge in [-0.05, 0) is 54.8 Å². The largest absolute Gasteiger partial charge is 0.478 e. The number of aromatic nitrogens is 2. The summed E-state index contributed by atoms with van der Waals surface area (Å²) in [5.41, 5.74) is 2.57. The van der Waals surface area contributed by atoms with Gasteiger partial charge in [0.1, 0.15) is 0 Å². The predicted molar refractivity (Wildman–Crippen MR) is 115 cm³/mol. The van der Waals surface area contributed by atoms with E-state index in [9.17, 15) is 9.90 Å². The Kier molecular flexibility index (Phi) is 7.31. The van der Waals surface area contributed by atoms with Gasteiger partial charge in [0.25, 0.3) is 0 Å². The average molecular weight is 395 g/mol. The number of nitrogens with zero attached hydrogens (tertiary/aromatic N) is 2. The molecule has 0 saturated heterocycles. The summed E-state index contributed by atoms with van der Waals surface area (Å²) in [4.78, 5) is 22.5. The van der Waals surface area contributed by atoms with E-state index in [0.717, 1.165) is 12.0 Å². The zero-order chi connectivity index (χ0) is 19.8. The number of hydrogen-bond acceptors (Lipinski definition) is 4. The highest BCUT2D eigenvalue weighted by atomic mass is 32.1. The second-order valence-electron chi connectivity index (χ2n) is 6.95. The molecule has 0 aliphatic carbocycles. The Morgan fingerprint density at radius 2 is 1.64 bits per heavy atom. The molecule has 4 nitrogen and oxygen atoms in total. The minimum absolute atomic E-state index is 0.217. The van der Waals surface area contributed by atoms with Crippen LogP contribution in [0.1, 0.15) is 60.7 Å². The topological polar surface area (TPSA) is 63.1 Å². The third kappa shape index (κ3) is 5.49. The highest BCUT2D eigenvalue weighted by molar-refractivity contribution is 7.15. The zero-order valence-electron chi connectivity index (χ0n) is 16.2. The van der Waals surface area contributed by atoms with Crippen molar-refractivity contribution in [2.45, 2.75) is 51.9 Å². The van der Waals surface area contributed by atoms with Gasteiger partial charge in [0.05, 0.1) is 17.0 Å². The average Bonchev–Trinajstić information content (AvgIpc) is 3.20. The third-order valence-corrected chi connectivity index (χ3v) is 5.95. The smallest absolute Gasteiger partial charge is 0.335 e. The number of aryl methyl sites for hydroxylation is 1. The summed E-state index contributed by atoms with van der Waals surface area (Å²) >= 11 is 1.82. The van der Waals surface area contributed by atoms with Crippen LogP contribution in [0.5, 0.6) is 0 Å². The van der Waals surface area contributed by atoms with Crippen LogP contribution in [0.2, 0.25) is 0 Å². The van der Waals surface area contributed by atoms with E-state index in [2.05, 4.69) is 29.0 Å². The Morgan fingerprint density at radius 1 is 0.929 bits per heavy atom. The maximum absolute atomic E-state index is 11.2. The summed E-state index contributed by atoms with van der Waals surface area (Å²) in [6.45, 7) is 2.25. The van der Waals surface area contributed by atoms with E-state index >= 15 is 0 Å². The van der Waals surface area contributed by atoms with Gasteiger partial charge in [-0.25, -0.2) is 4.79 Å². The van der Waals surface area contributed by atoms with Crippen LogP contribution in [-0.2, 0) is 6.42 Å². The van der Waals surface area contributed by atoms with Crippen molar-refractivity contribution in [2.75, 3.05) is 0 Å². The van der Waals surface area contributed by atoms with Crippen molar-refractivity contribution in [3.63, 3.8) is 0 Å². The van der Waals surface area contributed by atoms with Gasteiger partial charge in [-0.2, -0.15) is 0 Å². The van der Waals surface area contributed by atoms with Gasteiger partial charge in [0, 0.05) is 22.1 Å². The van der Waals surface area contributed by atoms with Crippen molar-refractivity contribution in [1.29, 1.82) is 0 Å². The van der Waals surface area contributed by atoms with Crippen molar-refractivity contribution in [3.05, 3.63) is 59.2 Å². The molecule has 3 rings (SSSR count). The van der Waals surface area contributed by atoms with Crippen LogP contribution >= 0.6 is 11.3 Å². The maximum atomic E-state index is 11.2. The molecule has 1 N–H and O–H groups in total. The lowest BCUT2D eigenvalue weighted by atomic mass is 10.1. The highest BCUT2D eigenvalue weighted by Crippen LogP contribution is 2.31. The summed E-state index contributed by atoms with van der Waals surface area (Å²) in [5.74, 6) is -0.961. The molecule has 5 heteroatoms. The van der Waals surface area contributed by atoms with E-state index in [0.29, 0.717) is 11.4 Å². The van der Waals surface area contributed by atoms with Crippen molar-refractivity contribution in [3.8, 4) is 21.8 Å². The molecule has 0 atom stereocenters. The summed E-state index contributed by atoms with van der Waals surface area (Å²) < 4.78 is 0. The number of unbranched alkanes of at least 4 members (excludes halogenated alkanes) is 5. The van der Waals surface area contributed by atoms with Crippen molar-refractivity contribution < 1.29 is 9.90 Å². The second-order valence-corrected chi connectivity index (χ2v) is 8.12. The van der Waals surface area contributed by atoms with Gasteiger partial charge in [0.15, 0.2) is 0 Å². The van der Waals surface area contributed by atoms with E-state index < -0.39 is 5.97 Å². The quantitative estimate of drug-likeness (QED) is 0.400. The van der Waals surface area contributed by atoms with Crippen LogP contribution < -0.4 is 0 Å². The molecule has 0 radical (unpaired) electrons. The third-order valence-electron chi connectivity index (χ3n) is 4.75. The van der Waals surface area contributed by atoms with Crippen molar-refractivity contribution in [2.24, 2.45) is 0 Å². The Hall–Kier alpha value is -2.53. The molecule has 3 aromatic rings. The Labute approximate surface area is 170 Å². The molecular formula is C23H26N2O2S. The van der Waals surface area contributed by atoms with E-state index in [4.69, 9.17) is 0 Å². The highest BCUT2D eigenvalue weighted by Gasteiger charge is 2.09. The lowest BCUT2D eigenvalue weighted by molar-refractivity contribution is 0.0697. The number of carboxylic acids is 1. The first-order chi connectivity index (χ1) is 13.7. The first-order valence-electron chi connectivity index (χ1n) is 9.92. The number of pyridine rings is 2. The molecule has 0 aliphatic rings. The zero-order valence-corrected chi connectivity index (χ0v) is 17.0. The number of carboxylic acid groups (broad SMARTS) is 1. The molecule has 0 saturated carbocycles. The van der Waals surface area contributed by atoms with Crippen LogP contribution in [0.15, 0.2) is 48.8 Å². The number of thiophene rings is 1. The van der Waals surface area contributed by atoms with Gasteiger partial charge in [-0.15, -0.1) is 11.3 Å². The van der Waals surface area contributed by atoms with Crippen LogP contribution in [0, 0.1) is 0 Å². The SMILES string of the molecule is CCCCCCCCc1ccc(-c2ccnc(-c3cc(C(=O)O)ccn3)c2)s1. The van der Waals surface area contributed by atoms with Gasteiger partial charge in [0.2, 0.25) is 0 Å². The molecule has 3 heterocycles. The van der Waals surface area contributed by atoms with Gasteiger partial charge in [-0.1, -0.05) is 39.0 Å². The lowest BCUT2D eigenvalue weighted by Gasteiger charge is -2.04. The van der Waals surface area contributed by atoms with E-state index in [-0.39, 0.29) is 5.56 Å². The molecule has 0 spiro atoms. The molecule has 0 amide bonds. The molecule has 146 valence electrons. The van der Waals surface area contributed by atoms with Crippen molar-refractivity contribution in [1.82, 2.24) is 9.97 Å². The molecule has 0 aromatic carbocycles. The standard InChI is InChI=1S/C23H26N2O2S/c1-2-3-4-5-6-7-8-19-9-10-22(28-19)17-11-13-24-20(15-17)21-16-18(23(26)27)12-14-25-21/h9-16H,2-8H2,1H3,(H,26,27). The first-order valence-corrected chi connectivity index (χ1v) is 10.7. The minimum atomic E-state index is -0.961. The Morgan fingerprint density at radius 3 is 2.43 bits per heavy atom. The number of hydrogen-bond donors (Lipinski definition) is 1. The maximum Gasteiger partial charge on any atom is 0.335 e. The first kappa shape index (κ1) is 20.2. The van der Waals surface area contributed by atoms with Gasteiger partial charge >= 0.3 is 5.97 Å². The van der Waals surface area contributed by atoms with Gasteiger partial charge < -0.3 is 5.11 Å². The van der Waals surface area contributed by atoms with Crippen LogP contribution in [0.3, 0.4) is 0 Å². The van der Waals surface area contributed by atoms with Crippen molar-refractivity contribution >= 4 is 17.3 Å². The summed E-state index contributed by atoms with van der Waals surface area (Å²) in [7, 11) is 0. The number of carbonyl (C=O) groups is 1. The number of rotatable bonds is 10. The minimum Gasteiger partial charge on any atom is -0.478 e. The van der Waals surface area contributed by atoms with E-state index in [1.165, 1.54) is 60.5 Å². The molecule has 0 unspecified atom stereocenters. The molecular weight excluding hydrogens is 368 g/mol. The molecule has 0 bridgehead atoms. The fraction of sp³-hybridized carbons (Fsp3) is 0.348. The monoisotopic (exact) mass is 394 g/mol. The lowest BCUT2D eigenvalue weighted by Crippen LogP contribution is -1.97. The fourth-order valence-electron chi connectivity index (χ4n) is 3.17. The molecule has 3 aromatic heterocycles. The Bertz CT molecular complexity index is 920. The molecule has 28 heavy (non-hydrogen) atoms. The second kappa shape index (κ2) is 10.1. The van der Waals surface area contributed by atoms with Gasteiger partial charge in [-0.3, -0.25) is 9.97 Å². The summed E-state index contributed by atoms with van der Waals surface area (Å²) in [6.07, 6.45) is 12.3. The van der Waals surface area contributed by atoms with Crippen LogP contribution in [0.25, 0.3) is 21.8 Å². The normalized spacial score (nSPS) is 10.9. The molecule has 0 aliphatic heterocycles. The predicted octanol–water partition coefficient (Wildman–Crippen LogP) is 6.47.